The van der Waals surface area contributed by atoms with E-state index in [1.165, 1.54) is 0 Å². The first-order valence-electron chi connectivity index (χ1n) is 4.57. The van der Waals surface area contributed by atoms with Gasteiger partial charge in [0.15, 0.2) is 0 Å². The molecule has 2 heterocycles. The van der Waals surface area contributed by atoms with Gasteiger partial charge in [0, 0.05) is 25.6 Å². The van der Waals surface area contributed by atoms with E-state index < -0.39 is 0 Å². The average molecular weight is 186 g/mol. The Labute approximate surface area is 76.8 Å². The topological polar surface area (TPSA) is 59.6 Å². The molecule has 74 valence electrons. The Balaban J connectivity index is 1.54. The molecule has 0 radical (unpaired) electrons. The average Bonchev–Trinajstić information content (AvgIpc) is 1.94. The van der Waals surface area contributed by atoms with Crippen LogP contribution < -0.4 is 10.6 Å². The zero-order valence-electron chi connectivity index (χ0n) is 7.41. The summed E-state index contributed by atoms with van der Waals surface area (Å²) in [5.41, 5.74) is 0. The molecule has 0 bridgehead atoms. The number of amides is 1. The van der Waals surface area contributed by atoms with Crippen LogP contribution in [-0.4, -0.2) is 45.0 Å². The molecule has 13 heavy (non-hydrogen) atoms. The van der Waals surface area contributed by atoms with E-state index >= 15 is 0 Å². The lowest BCUT2D eigenvalue weighted by molar-refractivity contribution is -0.0312. The van der Waals surface area contributed by atoms with Crippen LogP contribution >= 0.6 is 0 Å². The van der Waals surface area contributed by atoms with Gasteiger partial charge in [-0.05, 0) is 0 Å². The van der Waals surface area contributed by atoms with E-state index in [4.69, 9.17) is 9.47 Å². The molecule has 0 unspecified atom stereocenters. The number of carbonyl (C=O) groups is 1. The highest BCUT2D eigenvalue weighted by Gasteiger charge is 2.23. The van der Waals surface area contributed by atoms with Crippen LogP contribution in [0.5, 0.6) is 0 Å². The molecule has 5 nitrogen and oxygen atoms in total. The van der Waals surface area contributed by atoms with Gasteiger partial charge >= 0.3 is 6.09 Å². The van der Waals surface area contributed by atoms with Crippen molar-refractivity contribution in [1.82, 2.24) is 10.6 Å². The first kappa shape index (κ1) is 8.77. The molecule has 0 aromatic rings. The van der Waals surface area contributed by atoms with Gasteiger partial charge in [0.25, 0.3) is 0 Å². The van der Waals surface area contributed by atoms with Crippen LogP contribution in [0.1, 0.15) is 0 Å². The molecule has 2 saturated heterocycles. The lowest BCUT2D eigenvalue weighted by atomic mass is 10.1. The number of alkyl carbamates (subject to hydrolysis) is 1. The Morgan fingerprint density at radius 2 is 2.31 bits per heavy atom. The van der Waals surface area contributed by atoms with Crippen LogP contribution in [0.15, 0.2) is 0 Å². The minimum absolute atomic E-state index is 0.0673. The predicted octanol–water partition coefficient (Wildman–Crippen LogP) is -0.669. The molecule has 5 heteroatoms. The summed E-state index contributed by atoms with van der Waals surface area (Å²) in [6.07, 6.45) is -0.240. The van der Waals surface area contributed by atoms with E-state index in [2.05, 4.69) is 10.6 Å². The molecular weight excluding hydrogens is 172 g/mol. The fourth-order valence-corrected chi connectivity index (χ4v) is 1.17. The van der Waals surface area contributed by atoms with Gasteiger partial charge < -0.3 is 20.1 Å². The quantitative estimate of drug-likeness (QED) is 0.613. The minimum atomic E-state index is -0.307. The Morgan fingerprint density at radius 1 is 1.54 bits per heavy atom. The summed E-state index contributed by atoms with van der Waals surface area (Å²) >= 11 is 0. The van der Waals surface area contributed by atoms with Crippen molar-refractivity contribution in [2.45, 2.75) is 6.10 Å². The summed E-state index contributed by atoms with van der Waals surface area (Å²) < 4.78 is 10.0. The van der Waals surface area contributed by atoms with Crippen LogP contribution in [0.4, 0.5) is 4.79 Å². The molecule has 2 aliphatic heterocycles. The largest absolute Gasteiger partial charge is 0.444 e. The molecule has 0 aliphatic carbocycles. The molecule has 2 fully saturated rings. The molecule has 0 saturated carbocycles. The van der Waals surface area contributed by atoms with Gasteiger partial charge in [-0.2, -0.15) is 0 Å². The molecule has 0 spiro atoms. The van der Waals surface area contributed by atoms with Crippen molar-refractivity contribution in [2.24, 2.45) is 5.92 Å². The fraction of sp³-hybridized carbons (Fsp3) is 0.875. The minimum Gasteiger partial charge on any atom is -0.444 e. The van der Waals surface area contributed by atoms with Crippen molar-refractivity contribution in [3.8, 4) is 0 Å². The standard InChI is InChI=1S/C8H14N2O3/c11-8(13-7-2-9-3-7)10-1-6-4-12-5-6/h6-7,9H,1-5H2,(H,10,11). The maximum atomic E-state index is 11.1. The van der Waals surface area contributed by atoms with Crippen molar-refractivity contribution in [3.05, 3.63) is 0 Å². The van der Waals surface area contributed by atoms with Crippen LogP contribution in [0.3, 0.4) is 0 Å². The van der Waals surface area contributed by atoms with Gasteiger partial charge in [0.1, 0.15) is 6.10 Å². The van der Waals surface area contributed by atoms with E-state index in [9.17, 15) is 4.79 Å². The Hall–Kier alpha value is -0.810. The third-order valence-electron chi connectivity index (χ3n) is 2.26. The van der Waals surface area contributed by atoms with Crippen molar-refractivity contribution < 1.29 is 14.3 Å². The summed E-state index contributed by atoms with van der Waals surface area (Å²) in [7, 11) is 0. The smallest absolute Gasteiger partial charge is 0.407 e. The normalized spacial score (nSPS) is 23.1. The predicted molar refractivity (Wildman–Crippen MR) is 45.5 cm³/mol. The molecule has 2 N–H and O–H groups in total. The van der Waals surface area contributed by atoms with Crippen molar-refractivity contribution in [3.63, 3.8) is 0 Å². The highest BCUT2D eigenvalue weighted by Crippen LogP contribution is 2.07. The van der Waals surface area contributed by atoms with Gasteiger partial charge in [-0.1, -0.05) is 0 Å². The van der Waals surface area contributed by atoms with Gasteiger partial charge in [-0.15, -0.1) is 0 Å². The molecule has 0 aromatic heterocycles. The van der Waals surface area contributed by atoms with Crippen molar-refractivity contribution >= 4 is 6.09 Å². The summed E-state index contributed by atoms with van der Waals surface area (Å²) in [4.78, 5) is 11.1. The molecule has 2 rings (SSSR count). The summed E-state index contributed by atoms with van der Waals surface area (Å²) in [6.45, 7) is 3.73. The molecule has 1 amide bonds. The Bertz CT molecular complexity index is 190. The first-order valence-corrected chi connectivity index (χ1v) is 4.57. The lowest BCUT2D eigenvalue weighted by Crippen LogP contribution is -2.51. The van der Waals surface area contributed by atoms with Crippen LogP contribution in [0.2, 0.25) is 0 Å². The second kappa shape index (κ2) is 3.93. The highest BCUT2D eigenvalue weighted by atomic mass is 16.6. The third kappa shape index (κ3) is 2.32. The highest BCUT2D eigenvalue weighted by molar-refractivity contribution is 5.67. The zero-order valence-corrected chi connectivity index (χ0v) is 7.41. The number of nitrogens with one attached hydrogen (secondary N) is 2. The van der Waals surface area contributed by atoms with Gasteiger partial charge in [0.05, 0.1) is 13.2 Å². The lowest BCUT2D eigenvalue weighted by Gasteiger charge is -2.28. The number of hydrogen-bond donors (Lipinski definition) is 2. The van der Waals surface area contributed by atoms with Crippen molar-refractivity contribution in [1.29, 1.82) is 0 Å². The van der Waals surface area contributed by atoms with Crippen LogP contribution in [0, 0.1) is 5.92 Å². The number of carbonyl (C=O) groups excluding carboxylic acids is 1. The van der Waals surface area contributed by atoms with E-state index in [0.29, 0.717) is 12.5 Å². The number of rotatable bonds is 3. The molecular formula is C8H14N2O3. The van der Waals surface area contributed by atoms with Crippen LogP contribution in [-0.2, 0) is 9.47 Å². The number of ether oxygens (including phenoxy) is 2. The first-order chi connectivity index (χ1) is 6.34. The Kier molecular flexibility index (Phi) is 2.65. The van der Waals surface area contributed by atoms with E-state index in [1.807, 2.05) is 0 Å². The molecule has 2 aliphatic rings. The third-order valence-corrected chi connectivity index (χ3v) is 2.26. The van der Waals surface area contributed by atoms with E-state index in [-0.39, 0.29) is 12.2 Å². The Morgan fingerprint density at radius 3 is 2.77 bits per heavy atom. The van der Waals surface area contributed by atoms with Crippen LogP contribution in [0.25, 0.3) is 0 Å². The van der Waals surface area contributed by atoms with Gasteiger partial charge in [0.2, 0.25) is 0 Å². The maximum Gasteiger partial charge on any atom is 0.407 e. The van der Waals surface area contributed by atoms with E-state index in [1.54, 1.807) is 0 Å². The molecule has 0 aromatic carbocycles. The SMILES string of the molecule is O=C(NCC1COC1)OC1CNC1. The monoisotopic (exact) mass is 186 g/mol. The summed E-state index contributed by atoms with van der Waals surface area (Å²) in [5, 5.41) is 5.74. The fourth-order valence-electron chi connectivity index (χ4n) is 1.17. The molecule has 0 atom stereocenters. The zero-order chi connectivity index (χ0) is 9.10. The van der Waals surface area contributed by atoms with Crippen molar-refractivity contribution in [2.75, 3.05) is 32.8 Å². The second-order valence-corrected chi connectivity index (χ2v) is 3.47. The number of hydrogen-bond acceptors (Lipinski definition) is 4. The maximum absolute atomic E-state index is 11.1. The van der Waals surface area contributed by atoms with E-state index in [0.717, 1.165) is 26.3 Å². The van der Waals surface area contributed by atoms with Gasteiger partial charge in [-0.25, -0.2) is 4.79 Å². The summed E-state index contributed by atoms with van der Waals surface area (Å²) in [6, 6.07) is 0. The second-order valence-electron chi connectivity index (χ2n) is 3.47. The van der Waals surface area contributed by atoms with Gasteiger partial charge in [-0.3, -0.25) is 0 Å². The summed E-state index contributed by atoms with van der Waals surface area (Å²) in [5.74, 6) is 0.479.